The maximum atomic E-state index is 4.59. The summed E-state index contributed by atoms with van der Waals surface area (Å²) < 4.78 is 0.999. The molecule has 4 heteroatoms. The summed E-state index contributed by atoms with van der Waals surface area (Å²) in [7, 11) is 2.05. The highest BCUT2D eigenvalue weighted by atomic mass is 79.9. The van der Waals surface area contributed by atoms with Gasteiger partial charge in [-0.25, -0.2) is 4.98 Å². The molecule has 0 aliphatic heterocycles. The first-order valence-corrected chi connectivity index (χ1v) is 7.84. The van der Waals surface area contributed by atoms with Crippen LogP contribution in [0.25, 0.3) is 0 Å². The minimum atomic E-state index is 0.0743. The number of pyridine rings is 1. The Kier molecular flexibility index (Phi) is 5.01. The third-order valence-electron chi connectivity index (χ3n) is 3.18. The highest BCUT2D eigenvalue weighted by Gasteiger charge is 2.14. The topological polar surface area (TPSA) is 28.2 Å². The van der Waals surface area contributed by atoms with Gasteiger partial charge >= 0.3 is 0 Å². The van der Waals surface area contributed by atoms with Crippen LogP contribution in [-0.2, 0) is 6.54 Å². The Bertz CT molecular complexity index is 591. The van der Waals surface area contributed by atoms with Crippen LogP contribution < -0.4 is 10.2 Å². The zero-order chi connectivity index (χ0) is 15.5. The number of nitrogens with zero attached hydrogens (tertiary/aromatic N) is 2. The number of hydrogen-bond donors (Lipinski definition) is 1. The predicted octanol–water partition coefficient (Wildman–Crippen LogP) is 4.50. The molecule has 0 amide bonds. The van der Waals surface area contributed by atoms with Crippen molar-refractivity contribution < 1.29 is 0 Å². The summed E-state index contributed by atoms with van der Waals surface area (Å²) in [5.41, 5.74) is 2.38. The van der Waals surface area contributed by atoms with Crippen molar-refractivity contribution in [2.75, 3.05) is 11.9 Å². The van der Waals surface area contributed by atoms with E-state index in [0.717, 1.165) is 22.5 Å². The molecule has 2 aromatic rings. The molecule has 0 fully saturated rings. The summed E-state index contributed by atoms with van der Waals surface area (Å²) in [4.78, 5) is 6.71. The molecule has 0 aliphatic rings. The number of anilines is 2. The predicted molar refractivity (Wildman–Crippen MR) is 93.0 cm³/mol. The van der Waals surface area contributed by atoms with Gasteiger partial charge in [0.25, 0.3) is 0 Å². The Balaban J connectivity index is 2.30. The van der Waals surface area contributed by atoms with Gasteiger partial charge in [0.1, 0.15) is 5.82 Å². The Morgan fingerprint density at radius 2 is 1.86 bits per heavy atom. The van der Waals surface area contributed by atoms with Gasteiger partial charge in [0, 0.05) is 41.1 Å². The number of benzene rings is 1. The van der Waals surface area contributed by atoms with Gasteiger partial charge in [-0.05, 0) is 54.9 Å². The van der Waals surface area contributed by atoms with E-state index in [0.29, 0.717) is 0 Å². The normalized spacial score (nSPS) is 11.5. The highest BCUT2D eigenvalue weighted by Crippen LogP contribution is 2.27. The lowest BCUT2D eigenvalue weighted by atomic mass is 10.1. The Hall–Kier alpha value is -1.39. The van der Waals surface area contributed by atoms with Gasteiger partial charge in [-0.15, -0.1) is 0 Å². The van der Waals surface area contributed by atoms with E-state index in [4.69, 9.17) is 0 Å². The van der Waals surface area contributed by atoms with Gasteiger partial charge in [0.05, 0.1) is 0 Å². The molecule has 1 N–H and O–H groups in total. The summed E-state index contributed by atoms with van der Waals surface area (Å²) in [6.07, 6.45) is 1.84. The third-order valence-corrected chi connectivity index (χ3v) is 3.61. The molecule has 21 heavy (non-hydrogen) atoms. The molecule has 0 unspecified atom stereocenters. The molecule has 3 nitrogen and oxygen atoms in total. The van der Waals surface area contributed by atoms with Crippen molar-refractivity contribution in [2.45, 2.75) is 32.9 Å². The summed E-state index contributed by atoms with van der Waals surface area (Å²) in [5, 5.41) is 3.52. The zero-order valence-corrected chi connectivity index (χ0v) is 14.6. The lowest BCUT2D eigenvalue weighted by Crippen LogP contribution is -2.35. The summed E-state index contributed by atoms with van der Waals surface area (Å²) in [6.45, 7) is 7.28. The molecule has 112 valence electrons. The van der Waals surface area contributed by atoms with Crippen LogP contribution in [0.3, 0.4) is 0 Å². The van der Waals surface area contributed by atoms with Crippen LogP contribution in [0.2, 0.25) is 0 Å². The zero-order valence-electron chi connectivity index (χ0n) is 13.0. The van der Waals surface area contributed by atoms with Gasteiger partial charge in [0.15, 0.2) is 0 Å². The fraction of sp³-hybridized carbons (Fsp3) is 0.353. The summed E-state index contributed by atoms with van der Waals surface area (Å²) in [6, 6.07) is 12.4. The van der Waals surface area contributed by atoms with E-state index in [9.17, 15) is 0 Å². The minimum absolute atomic E-state index is 0.0743. The maximum absolute atomic E-state index is 4.59. The van der Waals surface area contributed by atoms with E-state index in [1.54, 1.807) is 0 Å². The van der Waals surface area contributed by atoms with Crippen LogP contribution in [0, 0.1) is 0 Å². The molecule has 1 aromatic carbocycles. The lowest BCUT2D eigenvalue weighted by Gasteiger charge is -2.25. The molecule has 0 saturated heterocycles. The molecule has 0 spiro atoms. The first-order chi connectivity index (χ1) is 9.87. The van der Waals surface area contributed by atoms with Crippen LogP contribution in [0.15, 0.2) is 47.1 Å². The van der Waals surface area contributed by atoms with Crippen molar-refractivity contribution in [3.8, 4) is 0 Å². The van der Waals surface area contributed by atoms with E-state index in [2.05, 4.69) is 70.1 Å². The highest BCUT2D eigenvalue weighted by molar-refractivity contribution is 9.10. The van der Waals surface area contributed by atoms with Gasteiger partial charge in [-0.2, -0.15) is 0 Å². The molecule has 1 aromatic heterocycles. The molecule has 0 atom stereocenters. The number of nitrogens with one attached hydrogen (secondary N) is 1. The fourth-order valence-electron chi connectivity index (χ4n) is 2.04. The standard InChI is InChI=1S/C17H22BrN3/c1-17(2,3)20-11-13-10-14(18)12-19-16(13)21(4)15-8-6-5-7-9-15/h5-10,12,20H,11H2,1-4H3. The molecule has 0 radical (unpaired) electrons. The first-order valence-electron chi connectivity index (χ1n) is 7.05. The minimum Gasteiger partial charge on any atom is -0.329 e. The van der Waals surface area contributed by atoms with E-state index >= 15 is 0 Å². The fourth-order valence-corrected chi connectivity index (χ4v) is 2.42. The number of para-hydroxylation sites is 1. The molecule has 2 rings (SSSR count). The van der Waals surface area contributed by atoms with Crippen molar-refractivity contribution in [1.29, 1.82) is 0 Å². The monoisotopic (exact) mass is 347 g/mol. The maximum Gasteiger partial charge on any atom is 0.137 e. The Labute approximate surface area is 135 Å². The molecule has 0 saturated carbocycles. The molecule has 0 aliphatic carbocycles. The van der Waals surface area contributed by atoms with E-state index in [1.807, 2.05) is 31.4 Å². The van der Waals surface area contributed by atoms with Gasteiger partial charge in [-0.3, -0.25) is 0 Å². The Morgan fingerprint density at radius 1 is 1.19 bits per heavy atom. The van der Waals surface area contributed by atoms with Crippen LogP contribution >= 0.6 is 15.9 Å². The summed E-state index contributed by atoms with van der Waals surface area (Å²) in [5.74, 6) is 0.973. The van der Waals surface area contributed by atoms with E-state index < -0.39 is 0 Å². The number of rotatable bonds is 4. The van der Waals surface area contributed by atoms with Crippen molar-refractivity contribution in [3.63, 3.8) is 0 Å². The number of aromatic nitrogens is 1. The second-order valence-corrected chi connectivity index (χ2v) is 7.05. The average Bonchev–Trinajstić information content (AvgIpc) is 2.45. The van der Waals surface area contributed by atoms with Gasteiger partial charge in [-0.1, -0.05) is 18.2 Å². The van der Waals surface area contributed by atoms with Crippen molar-refractivity contribution in [2.24, 2.45) is 0 Å². The molecule has 0 bridgehead atoms. The van der Waals surface area contributed by atoms with E-state index in [1.165, 1.54) is 5.56 Å². The van der Waals surface area contributed by atoms with Crippen LogP contribution in [0.4, 0.5) is 11.5 Å². The van der Waals surface area contributed by atoms with Crippen LogP contribution in [-0.4, -0.2) is 17.6 Å². The van der Waals surface area contributed by atoms with Gasteiger partial charge < -0.3 is 10.2 Å². The van der Waals surface area contributed by atoms with Crippen LogP contribution in [0.5, 0.6) is 0 Å². The SMILES string of the molecule is CN(c1ccccc1)c1ncc(Br)cc1CNC(C)(C)C. The number of halogens is 1. The van der Waals surface area contributed by atoms with Crippen LogP contribution in [0.1, 0.15) is 26.3 Å². The largest absolute Gasteiger partial charge is 0.329 e. The van der Waals surface area contributed by atoms with Crippen molar-refractivity contribution in [3.05, 3.63) is 52.6 Å². The second-order valence-electron chi connectivity index (χ2n) is 6.13. The lowest BCUT2D eigenvalue weighted by molar-refractivity contribution is 0.424. The average molecular weight is 348 g/mol. The number of hydrogen-bond acceptors (Lipinski definition) is 3. The second kappa shape index (κ2) is 6.58. The Morgan fingerprint density at radius 3 is 2.48 bits per heavy atom. The molecular formula is C17H22BrN3. The molecular weight excluding hydrogens is 326 g/mol. The van der Waals surface area contributed by atoms with Crippen molar-refractivity contribution in [1.82, 2.24) is 10.3 Å². The smallest absolute Gasteiger partial charge is 0.137 e. The van der Waals surface area contributed by atoms with Gasteiger partial charge in [0.2, 0.25) is 0 Å². The quantitative estimate of drug-likeness (QED) is 0.882. The first kappa shape index (κ1) is 16.0. The third kappa shape index (κ3) is 4.55. The molecule has 1 heterocycles. The summed E-state index contributed by atoms with van der Waals surface area (Å²) >= 11 is 3.51. The van der Waals surface area contributed by atoms with E-state index in [-0.39, 0.29) is 5.54 Å². The van der Waals surface area contributed by atoms with Crippen molar-refractivity contribution >= 4 is 27.4 Å².